The molecule has 4 heteroatoms. The second-order valence-electron chi connectivity index (χ2n) is 6.61. The third-order valence-corrected chi connectivity index (χ3v) is 5.56. The van der Waals surface area contributed by atoms with E-state index in [-0.39, 0.29) is 5.91 Å². The fourth-order valence-electron chi connectivity index (χ4n) is 4.68. The summed E-state index contributed by atoms with van der Waals surface area (Å²) in [4.78, 5) is 16.6. The molecule has 4 rings (SSSR count). The molecular formula is C16H21N3O. The molecule has 106 valence electrons. The molecule has 3 fully saturated rings. The average Bonchev–Trinajstić information content (AvgIpc) is 2.84. The minimum absolute atomic E-state index is 0.0209. The van der Waals surface area contributed by atoms with Gasteiger partial charge >= 0.3 is 0 Å². The largest absolute Gasteiger partial charge is 0.384 e. The molecule has 4 atom stereocenters. The molecule has 0 radical (unpaired) electrons. The van der Waals surface area contributed by atoms with E-state index < -0.39 is 0 Å². The van der Waals surface area contributed by atoms with Crippen molar-refractivity contribution in [3.63, 3.8) is 0 Å². The summed E-state index contributed by atoms with van der Waals surface area (Å²) in [5.41, 5.74) is 7.31. The van der Waals surface area contributed by atoms with E-state index in [1.54, 1.807) is 6.07 Å². The van der Waals surface area contributed by atoms with Crippen LogP contribution in [0.3, 0.4) is 0 Å². The van der Waals surface area contributed by atoms with Crippen molar-refractivity contribution in [2.45, 2.75) is 38.6 Å². The van der Waals surface area contributed by atoms with Crippen LogP contribution < -0.4 is 11.1 Å². The second kappa shape index (κ2) is 4.21. The Morgan fingerprint density at radius 1 is 1.35 bits per heavy atom. The molecule has 4 unspecified atom stereocenters. The summed E-state index contributed by atoms with van der Waals surface area (Å²) in [6, 6.07) is 3.97. The number of carbonyl (C=O) groups excluding carboxylic acids is 1. The molecule has 0 saturated heterocycles. The van der Waals surface area contributed by atoms with Crippen LogP contribution in [-0.2, 0) is 6.42 Å². The van der Waals surface area contributed by atoms with Gasteiger partial charge in [0.1, 0.15) is 5.82 Å². The topological polar surface area (TPSA) is 68.0 Å². The molecular weight excluding hydrogens is 250 g/mol. The van der Waals surface area contributed by atoms with Crippen LogP contribution >= 0.6 is 0 Å². The number of amides is 1. The standard InChI is InChI=1S/C16H21N3O/c1-2-11-6-10(7-12(17)18-11)16(20)19-15-13-8-3-4-9(5-8)14(13)15/h6-9,13-15H,2-5H2,1H3,(H2,17,18)(H,19,20). The number of hydrogen-bond donors (Lipinski definition) is 2. The molecule has 0 aliphatic heterocycles. The van der Waals surface area contributed by atoms with Gasteiger partial charge in [-0.05, 0) is 61.5 Å². The molecule has 1 aromatic rings. The Labute approximate surface area is 119 Å². The number of carbonyl (C=O) groups is 1. The maximum Gasteiger partial charge on any atom is 0.251 e. The summed E-state index contributed by atoms with van der Waals surface area (Å²) in [5, 5.41) is 3.23. The van der Waals surface area contributed by atoms with Gasteiger partial charge in [0.25, 0.3) is 5.91 Å². The van der Waals surface area contributed by atoms with E-state index >= 15 is 0 Å². The Kier molecular flexibility index (Phi) is 2.56. The first-order valence-electron chi connectivity index (χ1n) is 7.74. The van der Waals surface area contributed by atoms with Crippen molar-refractivity contribution >= 4 is 11.7 Å². The maximum atomic E-state index is 12.4. The number of hydrogen-bond acceptors (Lipinski definition) is 3. The SMILES string of the molecule is CCc1cc(C(=O)NC2C3C4CCC(C4)C23)cc(N)n1. The first-order valence-corrected chi connectivity index (χ1v) is 7.74. The minimum atomic E-state index is 0.0209. The lowest BCUT2D eigenvalue weighted by Gasteiger charge is -2.11. The van der Waals surface area contributed by atoms with Crippen LogP contribution in [0, 0.1) is 23.7 Å². The van der Waals surface area contributed by atoms with Gasteiger partial charge in [0, 0.05) is 17.3 Å². The van der Waals surface area contributed by atoms with E-state index in [9.17, 15) is 4.79 Å². The van der Waals surface area contributed by atoms with Crippen molar-refractivity contribution in [1.29, 1.82) is 0 Å². The van der Waals surface area contributed by atoms with Gasteiger partial charge in [-0.15, -0.1) is 0 Å². The van der Waals surface area contributed by atoms with Gasteiger partial charge < -0.3 is 11.1 Å². The van der Waals surface area contributed by atoms with E-state index in [2.05, 4.69) is 10.3 Å². The Hall–Kier alpha value is -1.58. The van der Waals surface area contributed by atoms with Gasteiger partial charge in [0.15, 0.2) is 0 Å². The Balaban J connectivity index is 1.48. The summed E-state index contributed by atoms with van der Waals surface area (Å²) in [6.45, 7) is 2.02. The van der Waals surface area contributed by atoms with Crippen molar-refractivity contribution < 1.29 is 4.79 Å². The number of nitrogens with one attached hydrogen (secondary N) is 1. The molecule has 2 bridgehead atoms. The first-order chi connectivity index (χ1) is 9.67. The number of nitrogen functional groups attached to an aromatic ring is 1. The van der Waals surface area contributed by atoms with Crippen molar-refractivity contribution in [3.8, 4) is 0 Å². The zero-order valence-electron chi connectivity index (χ0n) is 11.8. The number of pyridine rings is 1. The molecule has 3 aliphatic carbocycles. The average molecular weight is 271 g/mol. The summed E-state index contributed by atoms with van der Waals surface area (Å²) in [7, 11) is 0. The third-order valence-electron chi connectivity index (χ3n) is 5.56. The van der Waals surface area contributed by atoms with Crippen LogP contribution in [0.2, 0.25) is 0 Å². The predicted molar refractivity (Wildman–Crippen MR) is 77.1 cm³/mol. The number of fused-ring (bicyclic) bond motifs is 5. The number of aryl methyl sites for hydroxylation is 1. The van der Waals surface area contributed by atoms with E-state index in [0.717, 1.165) is 35.8 Å². The molecule has 4 nitrogen and oxygen atoms in total. The number of nitrogens with zero attached hydrogens (tertiary/aromatic N) is 1. The van der Waals surface area contributed by atoms with Crippen LogP contribution in [0.1, 0.15) is 42.2 Å². The van der Waals surface area contributed by atoms with E-state index in [1.807, 2.05) is 13.0 Å². The molecule has 3 N–H and O–H groups in total. The number of anilines is 1. The van der Waals surface area contributed by atoms with Crippen molar-refractivity contribution in [3.05, 3.63) is 23.4 Å². The summed E-state index contributed by atoms with van der Waals surface area (Å²) < 4.78 is 0. The van der Waals surface area contributed by atoms with Gasteiger partial charge in [0.2, 0.25) is 0 Å². The maximum absolute atomic E-state index is 12.4. The third kappa shape index (κ3) is 1.74. The molecule has 0 spiro atoms. The molecule has 3 aliphatic rings. The van der Waals surface area contributed by atoms with Crippen molar-refractivity contribution in [2.75, 3.05) is 5.73 Å². The Morgan fingerprint density at radius 3 is 2.70 bits per heavy atom. The molecule has 1 heterocycles. The number of nitrogens with two attached hydrogens (primary N) is 1. The van der Waals surface area contributed by atoms with Gasteiger partial charge in [-0.3, -0.25) is 4.79 Å². The lowest BCUT2D eigenvalue weighted by atomic mass is 10.0. The van der Waals surface area contributed by atoms with Gasteiger partial charge in [0.05, 0.1) is 0 Å². The highest BCUT2D eigenvalue weighted by molar-refractivity contribution is 5.95. The van der Waals surface area contributed by atoms with Crippen LogP contribution in [-0.4, -0.2) is 16.9 Å². The van der Waals surface area contributed by atoms with E-state index in [4.69, 9.17) is 5.73 Å². The summed E-state index contributed by atoms with van der Waals surface area (Å²) in [6.07, 6.45) is 4.95. The van der Waals surface area contributed by atoms with Crippen LogP contribution in [0.5, 0.6) is 0 Å². The van der Waals surface area contributed by atoms with Crippen molar-refractivity contribution in [1.82, 2.24) is 10.3 Å². The lowest BCUT2D eigenvalue weighted by molar-refractivity contribution is 0.0944. The van der Waals surface area contributed by atoms with E-state index in [1.165, 1.54) is 19.3 Å². The summed E-state index contributed by atoms with van der Waals surface area (Å²) >= 11 is 0. The molecule has 1 aromatic heterocycles. The predicted octanol–water partition coefficient (Wildman–Crippen LogP) is 2.00. The number of rotatable bonds is 3. The highest BCUT2D eigenvalue weighted by Gasteiger charge is 2.65. The van der Waals surface area contributed by atoms with E-state index in [0.29, 0.717) is 17.4 Å². The zero-order valence-corrected chi connectivity index (χ0v) is 11.8. The van der Waals surface area contributed by atoms with Gasteiger partial charge in [-0.1, -0.05) is 6.92 Å². The quantitative estimate of drug-likeness (QED) is 0.883. The smallest absolute Gasteiger partial charge is 0.251 e. The fraction of sp³-hybridized carbons (Fsp3) is 0.625. The molecule has 20 heavy (non-hydrogen) atoms. The Bertz CT molecular complexity index is 555. The van der Waals surface area contributed by atoms with Crippen LogP contribution in [0.25, 0.3) is 0 Å². The highest BCUT2D eigenvalue weighted by Crippen LogP contribution is 2.65. The highest BCUT2D eigenvalue weighted by atomic mass is 16.1. The minimum Gasteiger partial charge on any atom is -0.384 e. The molecule has 3 saturated carbocycles. The lowest BCUT2D eigenvalue weighted by Crippen LogP contribution is -2.30. The van der Waals surface area contributed by atoms with Crippen molar-refractivity contribution in [2.24, 2.45) is 23.7 Å². The van der Waals surface area contributed by atoms with Gasteiger partial charge in [-0.25, -0.2) is 4.98 Å². The molecule has 0 aromatic carbocycles. The van der Waals surface area contributed by atoms with Crippen LogP contribution in [0.15, 0.2) is 12.1 Å². The zero-order chi connectivity index (χ0) is 13.9. The van der Waals surface area contributed by atoms with Gasteiger partial charge in [-0.2, -0.15) is 0 Å². The normalized spacial score (nSPS) is 36.8. The first kappa shape index (κ1) is 12.2. The number of aromatic nitrogens is 1. The van der Waals surface area contributed by atoms with Crippen LogP contribution in [0.4, 0.5) is 5.82 Å². The molecule has 1 amide bonds. The fourth-order valence-corrected chi connectivity index (χ4v) is 4.68. The monoisotopic (exact) mass is 271 g/mol. The summed E-state index contributed by atoms with van der Waals surface area (Å²) in [5.74, 6) is 3.75. The Morgan fingerprint density at radius 2 is 2.05 bits per heavy atom. The second-order valence-corrected chi connectivity index (χ2v) is 6.61.